The van der Waals surface area contributed by atoms with Crippen LogP contribution in [0, 0.1) is 0 Å². The molecule has 0 aliphatic heterocycles. The quantitative estimate of drug-likeness (QED) is 0.734. The number of fused-ring (bicyclic) bond motifs is 1. The highest BCUT2D eigenvalue weighted by Crippen LogP contribution is 2.25. The fraction of sp³-hybridized carbons (Fsp3) is 0.222. The van der Waals surface area contributed by atoms with Gasteiger partial charge in [0.1, 0.15) is 5.65 Å². The summed E-state index contributed by atoms with van der Waals surface area (Å²) in [5.41, 5.74) is 3.84. The lowest BCUT2D eigenvalue weighted by Gasteiger charge is -2.19. The van der Waals surface area contributed by atoms with E-state index in [9.17, 15) is 4.79 Å². The minimum absolute atomic E-state index is 0.129. The third kappa shape index (κ3) is 2.72. The van der Waals surface area contributed by atoms with Gasteiger partial charge in [0.15, 0.2) is 0 Å². The highest BCUT2D eigenvalue weighted by Gasteiger charge is 2.13. The first-order chi connectivity index (χ1) is 9.93. The number of nitrogens with zero attached hydrogens (tertiary/aromatic N) is 1. The van der Waals surface area contributed by atoms with Gasteiger partial charge < -0.3 is 4.98 Å². The number of aromatic nitrogens is 2. The summed E-state index contributed by atoms with van der Waals surface area (Å²) >= 11 is 0. The van der Waals surface area contributed by atoms with Crippen molar-refractivity contribution >= 4 is 11.0 Å². The van der Waals surface area contributed by atoms with E-state index in [2.05, 4.69) is 55.0 Å². The van der Waals surface area contributed by atoms with E-state index in [0.29, 0.717) is 5.65 Å². The van der Waals surface area contributed by atoms with E-state index in [-0.39, 0.29) is 11.0 Å². The second-order valence-corrected chi connectivity index (χ2v) is 6.28. The van der Waals surface area contributed by atoms with Gasteiger partial charge in [-0.3, -0.25) is 4.79 Å². The molecule has 0 saturated carbocycles. The van der Waals surface area contributed by atoms with Gasteiger partial charge in [0, 0.05) is 17.0 Å². The Morgan fingerprint density at radius 1 is 0.905 bits per heavy atom. The van der Waals surface area contributed by atoms with E-state index in [0.717, 1.165) is 16.6 Å². The molecule has 3 heteroatoms. The highest BCUT2D eigenvalue weighted by atomic mass is 16.1. The third-order valence-electron chi connectivity index (χ3n) is 3.63. The molecule has 0 fully saturated rings. The fourth-order valence-electron chi connectivity index (χ4n) is 2.33. The maximum Gasteiger partial charge on any atom is 0.249 e. The van der Waals surface area contributed by atoms with Crippen LogP contribution in [0.5, 0.6) is 0 Å². The number of rotatable bonds is 1. The summed E-state index contributed by atoms with van der Waals surface area (Å²) in [6.07, 6.45) is 0. The van der Waals surface area contributed by atoms with Gasteiger partial charge in [0.05, 0.1) is 5.69 Å². The Hall–Kier alpha value is -2.42. The van der Waals surface area contributed by atoms with Crippen LogP contribution in [0.15, 0.2) is 53.3 Å². The van der Waals surface area contributed by atoms with Crippen LogP contribution in [0.2, 0.25) is 0 Å². The Balaban J connectivity index is 2.06. The Morgan fingerprint density at radius 3 is 2.24 bits per heavy atom. The number of aromatic amines is 1. The van der Waals surface area contributed by atoms with E-state index in [4.69, 9.17) is 0 Å². The normalized spacial score (nSPS) is 11.8. The zero-order valence-electron chi connectivity index (χ0n) is 12.5. The molecule has 1 N–H and O–H groups in total. The van der Waals surface area contributed by atoms with Gasteiger partial charge in [-0.25, -0.2) is 4.98 Å². The van der Waals surface area contributed by atoms with Crippen LogP contribution >= 0.6 is 0 Å². The Labute approximate surface area is 123 Å². The average Bonchev–Trinajstić information content (AvgIpc) is 2.45. The maximum absolute atomic E-state index is 11.4. The van der Waals surface area contributed by atoms with Crippen molar-refractivity contribution in [1.29, 1.82) is 0 Å². The van der Waals surface area contributed by atoms with Gasteiger partial charge in [0.25, 0.3) is 0 Å². The molecular weight excluding hydrogens is 260 g/mol. The maximum atomic E-state index is 11.4. The number of benzene rings is 1. The number of hydrogen-bond acceptors (Lipinski definition) is 2. The minimum Gasteiger partial charge on any atom is -0.307 e. The summed E-state index contributed by atoms with van der Waals surface area (Å²) in [5, 5.41) is 0.935. The molecule has 2 heterocycles. The second-order valence-electron chi connectivity index (χ2n) is 6.28. The molecule has 3 aromatic rings. The Morgan fingerprint density at radius 2 is 1.57 bits per heavy atom. The molecule has 0 bridgehead atoms. The molecule has 3 rings (SSSR count). The molecule has 0 saturated heterocycles. The number of pyridine rings is 2. The van der Waals surface area contributed by atoms with Crippen LogP contribution in [0.1, 0.15) is 26.3 Å². The van der Waals surface area contributed by atoms with Gasteiger partial charge in [0.2, 0.25) is 5.56 Å². The molecule has 0 spiro atoms. The van der Waals surface area contributed by atoms with Gasteiger partial charge in [-0.1, -0.05) is 45.0 Å². The average molecular weight is 278 g/mol. The van der Waals surface area contributed by atoms with Gasteiger partial charge in [-0.05, 0) is 29.2 Å². The van der Waals surface area contributed by atoms with Gasteiger partial charge in [-0.15, -0.1) is 0 Å². The fourth-order valence-corrected chi connectivity index (χ4v) is 2.33. The molecule has 0 unspecified atom stereocenters. The van der Waals surface area contributed by atoms with Crippen molar-refractivity contribution in [3.8, 4) is 11.3 Å². The van der Waals surface area contributed by atoms with Crippen molar-refractivity contribution in [3.63, 3.8) is 0 Å². The first-order valence-electron chi connectivity index (χ1n) is 7.04. The predicted octanol–water partition coefficient (Wildman–Crippen LogP) is 3.89. The number of hydrogen-bond donors (Lipinski definition) is 1. The molecule has 0 amide bonds. The summed E-state index contributed by atoms with van der Waals surface area (Å²) in [7, 11) is 0. The molecule has 0 aliphatic carbocycles. The van der Waals surface area contributed by atoms with Crippen LogP contribution in [-0.2, 0) is 5.41 Å². The van der Waals surface area contributed by atoms with Crippen LogP contribution in [-0.4, -0.2) is 9.97 Å². The van der Waals surface area contributed by atoms with E-state index in [1.807, 2.05) is 12.1 Å². The number of nitrogens with one attached hydrogen (secondary N) is 1. The minimum atomic E-state index is -0.129. The molecule has 0 aliphatic rings. The van der Waals surface area contributed by atoms with Crippen LogP contribution in [0.25, 0.3) is 22.3 Å². The van der Waals surface area contributed by atoms with Gasteiger partial charge in [-0.2, -0.15) is 0 Å². The van der Waals surface area contributed by atoms with Crippen molar-refractivity contribution in [2.24, 2.45) is 0 Å². The molecule has 0 radical (unpaired) electrons. The van der Waals surface area contributed by atoms with Gasteiger partial charge >= 0.3 is 0 Å². The van der Waals surface area contributed by atoms with Crippen LogP contribution in [0.4, 0.5) is 0 Å². The van der Waals surface area contributed by atoms with E-state index in [1.165, 1.54) is 11.6 Å². The monoisotopic (exact) mass is 278 g/mol. The predicted molar refractivity (Wildman–Crippen MR) is 86.5 cm³/mol. The van der Waals surface area contributed by atoms with Crippen molar-refractivity contribution < 1.29 is 0 Å². The second kappa shape index (κ2) is 4.85. The zero-order chi connectivity index (χ0) is 15.0. The highest BCUT2D eigenvalue weighted by molar-refractivity contribution is 5.77. The smallest absolute Gasteiger partial charge is 0.249 e. The van der Waals surface area contributed by atoms with E-state index in [1.54, 1.807) is 6.07 Å². The van der Waals surface area contributed by atoms with E-state index >= 15 is 0 Å². The molecular formula is C18H18N2O. The zero-order valence-corrected chi connectivity index (χ0v) is 12.5. The largest absolute Gasteiger partial charge is 0.307 e. The molecule has 2 aromatic heterocycles. The van der Waals surface area contributed by atoms with Crippen molar-refractivity contribution in [2.45, 2.75) is 26.2 Å². The SMILES string of the molecule is CC(C)(C)c1ccc(-c2ccc3ccc(=O)[nH]c3n2)cc1. The lowest BCUT2D eigenvalue weighted by atomic mass is 9.86. The first kappa shape index (κ1) is 13.6. The Bertz CT molecular complexity index is 839. The van der Waals surface area contributed by atoms with Crippen LogP contribution < -0.4 is 5.56 Å². The summed E-state index contributed by atoms with van der Waals surface area (Å²) in [6.45, 7) is 6.59. The third-order valence-corrected chi connectivity index (χ3v) is 3.63. The molecule has 21 heavy (non-hydrogen) atoms. The molecule has 106 valence electrons. The standard InChI is InChI=1S/C18H18N2O/c1-18(2,3)14-8-4-12(5-9-14)15-10-6-13-7-11-16(21)20-17(13)19-15/h4-11H,1-3H3,(H,19,20,21). The molecule has 1 aromatic carbocycles. The van der Waals surface area contributed by atoms with Crippen molar-refractivity contribution in [3.05, 3.63) is 64.4 Å². The van der Waals surface area contributed by atoms with Crippen molar-refractivity contribution in [1.82, 2.24) is 9.97 Å². The summed E-state index contributed by atoms with van der Waals surface area (Å²) in [6, 6.07) is 15.7. The molecule has 0 atom stereocenters. The number of H-pyrrole nitrogens is 1. The summed E-state index contributed by atoms with van der Waals surface area (Å²) < 4.78 is 0. The topological polar surface area (TPSA) is 45.8 Å². The molecule has 3 nitrogen and oxygen atoms in total. The summed E-state index contributed by atoms with van der Waals surface area (Å²) in [4.78, 5) is 18.7. The lowest BCUT2D eigenvalue weighted by molar-refractivity contribution is 0.590. The van der Waals surface area contributed by atoms with Crippen LogP contribution in [0.3, 0.4) is 0 Å². The van der Waals surface area contributed by atoms with Crippen molar-refractivity contribution in [2.75, 3.05) is 0 Å². The first-order valence-corrected chi connectivity index (χ1v) is 7.04. The lowest BCUT2D eigenvalue weighted by Crippen LogP contribution is -2.10. The Kier molecular flexibility index (Phi) is 3.13. The van der Waals surface area contributed by atoms with E-state index < -0.39 is 0 Å². The summed E-state index contributed by atoms with van der Waals surface area (Å²) in [5.74, 6) is 0.